The molecule has 0 spiro atoms. The second kappa shape index (κ2) is 6.21. The highest BCUT2D eigenvalue weighted by Gasteiger charge is 2.07. The second-order valence-corrected chi connectivity index (χ2v) is 5.48. The van der Waals surface area contributed by atoms with Crippen LogP contribution < -0.4 is 5.32 Å². The van der Waals surface area contributed by atoms with Crippen LogP contribution in [0.4, 0.5) is 0 Å². The van der Waals surface area contributed by atoms with Gasteiger partial charge in [0, 0.05) is 18.8 Å². The Hall–Kier alpha value is -1.33. The molecular formula is C13H19ClN4O. The molecule has 0 atom stereocenters. The lowest BCUT2D eigenvalue weighted by Gasteiger charge is -2.04. The number of nitrogens with one attached hydrogen (secondary N) is 1. The first-order valence-electron chi connectivity index (χ1n) is 6.39. The van der Waals surface area contributed by atoms with Crippen molar-refractivity contribution in [2.45, 2.75) is 33.9 Å². The van der Waals surface area contributed by atoms with Crippen molar-refractivity contribution < 1.29 is 4.52 Å². The van der Waals surface area contributed by atoms with Crippen LogP contribution >= 0.6 is 11.6 Å². The minimum atomic E-state index is 0.546. The molecule has 6 heteroatoms. The van der Waals surface area contributed by atoms with Crippen molar-refractivity contribution in [3.8, 4) is 0 Å². The van der Waals surface area contributed by atoms with E-state index in [1.54, 1.807) is 10.9 Å². The van der Waals surface area contributed by atoms with Crippen molar-refractivity contribution in [2.75, 3.05) is 6.54 Å². The highest BCUT2D eigenvalue weighted by Crippen LogP contribution is 2.13. The summed E-state index contributed by atoms with van der Waals surface area (Å²) in [6.07, 6.45) is 1.79. The summed E-state index contributed by atoms with van der Waals surface area (Å²) >= 11 is 5.96. The number of aromatic nitrogens is 3. The summed E-state index contributed by atoms with van der Waals surface area (Å²) in [5.41, 5.74) is 1.73. The third kappa shape index (κ3) is 4.08. The molecule has 0 saturated heterocycles. The summed E-state index contributed by atoms with van der Waals surface area (Å²) in [5, 5.41) is 12.3. The number of aryl methyl sites for hydroxylation is 1. The largest absolute Gasteiger partial charge is 0.359 e. The predicted octanol–water partition coefficient (Wildman–Crippen LogP) is 2.63. The summed E-state index contributed by atoms with van der Waals surface area (Å²) < 4.78 is 7.03. The summed E-state index contributed by atoms with van der Waals surface area (Å²) in [5.74, 6) is 1.40. The molecule has 2 aromatic heterocycles. The van der Waals surface area contributed by atoms with Gasteiger partial charge in [0.1, 0.15) is 6.54 Å². The zero-order valence-corrected chi connectivity index (χ0v) is 12.2. The van der Waals surface area contributed by atoms with E-state index in [9.17, 15) is 0 Å². The molecule has 104 valence electrons. The maximum atomic E-state index is 5.96. The van der Waals surface area contributed by atoms with Gasteiger partial charge in [0.05, 0.1) is 16.4 Å². The molecule has 2 aromatic rings. The fraction of sp³-hybridized carbons (Fsp3) is 0.538. The van der Waals surface area contributed by atoms with Gasteiger partial charge in [0.25, 0.3) is 0 Å². The first-order valence-corrected chi connectivity index (χ1v) is 6.77. The quantitative estimate of drug-likeness (QED) is 0.885. The van der Waals surface area contributed by atoms with Gasteiger partial charge in [-0.15, -0.1) is 0 Å². The first-order chi connectivity index (χ1) is 9.04. The van der Waals surface area contributed by atoms with Gasteiger partial charge in [-0.05, 0) is 19.4 Å². The summed E-state index contributed by atoms with van der Waals surface area (Å²) in [7, 11) is 0. The highest BCUT2D eigenvalue weighted by atomic mass is 35.5. The van der Waals surface area contributed by atoms with E-state index in [2.05, 4.69) is 29.4 Å². The molecule has 5 nitrogen and oxygen atoms in total. The van der Waals surface area contributed by atoms with E-state index in [0.717, 1.165) is 30.2 Å². The van der Waals surface area contributed by atoms with Crippen LogP contribution in [0.5, 0.6) is 0 Å². The standard InChI is InChI=1S/C13H19ClN4O/c1-9(2)5-15-6-11-4-12(19-17-11)7-18-8-13(14)10(3)16-18/h4,8-9,15H,5-7H2,1-3H3. The molecule has 0 aliphatic carbocycles. The number of hydrogen-bond acceptors (Lipinski definition) is 4. The second-order valence-electron chi connectivity index (χ2n) is 5.07. The SMILES string of the molecule is Cc1nn(Cc2cc(CNCC(C)C)no2)cc1Cl. The number of halogens is 1. The molecule has 0 aliphatic rings. The molecule has 0 radical (unpaired) electrons. The van der Waals surface area contributed by atoms with Crippen LogP contribution in [-0.2, 0) is 13.1 Å². The van der Waals surface area contributed by atoms with Gasteiger partial charge in [0.15, 0.2) is 5.76 Å². The van der Waals surface area contributed by atoms with Crippen molar-refractivity contribution >= 4 is 11.6 Å². The minimum absolute atomic E-state index is 0.546. The van der Waals surface area contributed by atoms with Gasteiger partial charge in [-0.2, -0.15) is 5.10 Å². The molecule has 0 bridgehead atoms. The van der Waals surface area contributed by atoms with E-state index in [4.69, 9.17) is 16.1 Å². The zero-order chi connectivity index (χ0) is 13.8. The lowest BCUT2D eigenvalue weighted by molar-refractivity contribution is 0.363. The Morgan fingerprint density at radius 1 is 1.47 bits per heavy atom. The van der Waals surface area contributed by atoms with E-state index in [1.165, 1.54) is 0 Å². The Balaban J connectivity index is 1.90. The van der Waals surface area contributed by atoms with Gasteiger partial charge < -0.3 is 9.84 Å². The third-order valence-electron chi connectivity index (χ3n) is 2.67. The van der Waals surface area contributed by atoms with Crippen LogP contribution in [0.25, 0.3) is 0 Å². The van der Waals surface area contributed by atoms with Gasteiger partial charge in [-0.3, -0.25) is 4.68 Å². The van der Waals surface area contributed by atoms with E-state index in [-0.39, 0.29) is 0 Å². The number of nitrogens with zero attached hydrogens (tertiary/aromatic N) is 3. The van der Waals surface area contributed by atoms with Crippen molar-refractivity contribution in [1.82, 2.24) is 20.3 Å². The molecule has 2 heterocycles. The Morgan fingerprint density at radius 2 is 2.26 bits per heavy atom. The predicted molar refractivity (Wildman–Crippen MR) is 74.1 cm³/mol. The van der Waals surface area contributed by atoms with E-state index in [0.29, 0.717) is 17.5 Å². The Morgan fingerprint density at radius 3 is 2.89 bits per heavy atom. The van der Waals surface area contributed by atoms with Crippen molar-refractivity contribution in [1.29, 1.82) is 0 Å². The summed E-state index contributed by atoms with van der Waals surface area (Å²) in [6.45, 7) is 8.46. The van der Waals surface area contributed by atoms with Gasteiger partial charge >= 0.3 is 0 Å². The lowest BCUT2D eigenvalue weighted by atomic mass is 10.2. The Labute approximate surface area is 117 Å². The van der Waals surface area contributed by atoms with E-state index >= 15 is 0 Å². The van der Waals surface area contributed by atoms with Crippen molar-refractivity contribution in [2.24, 2.45) is 5.92 Å². The Bertz CT molecular complexity index is 513. The van der Waals surface area contributed by atoms with E-state index < -0.39 is 0 Å². The fourth-order valence-corrected chi connectivity index (χ4v) is 1.89. The smallest absolute Gasteiger partial charge is 0.158 e. The van der Waals surface area contributed by atoms with Crippen molar-refractivity contribution in [3.63, 3.8) is 0 Å². The van der Waals surface area contributed by atoms with Gasteiger partial charge in [-0.1, -0.05) is 30.6 Å². The molecule has 19 heavy (non-hydrogen) atoms. The van der Waals surface area contributed by atoms with Crippen LogP contribution in [-0.4, -0.2) is 21.5 Å². The van der Waals surface area contributed by atoms with Crippen LogP contribution in [0, 0.1) is 12.8 Å². The number of rotatable bonds is 6. The zero-order valence-electron chi connectivity index (χ0n) is 11.5. The number of hydrogen-bond donors (Lipinski definition) is 1. The monoisotopic (exact) mass is 282 g/mol. The topological polar surface area (TPSA) is 55.9 Å². The van der Waals surface area contributed by atoms with Crippen LogP contribution in [0.1, 0.15) is 31.0 Å². The normalized spacial score (nSPS) is 11.4. The third-order valence-corrected chi connectivity index (χ3v) is 3.04. The maximum absolute atomic E-state index is 5.96. The van der Waals surface area contributed by atoms with Gasteiger partial charge in [0.2, 0.25) is 0 Å². The maximum Gasteiger partial charge on any atom is 0.158 e. The molecular weight excluding hydrogens is 264 g/mol. The van der Waals surface area contributed by atoms with Gasteiger partial charge in [-0.25, -0.2) is 0 Å². The molecule has 0 aromatic carbocycles. The first kappa shape index (κ1) is 14.1. The fourth-order valence-electron chi connectivity index (χ4n) is 1.74. The van der Waals surface area contributed by atoms with E-state index in [1.807, 2.05) is 13.0 Å². The highest BCUT2D eigenvalue weighted by molar-refractivity contribution is 6.31. The summed E-state index contributed by atoms with van der Waals surface area (Å²) in [6, 6.07) is 1.94. The molecule has 1 N–H and O–H groups in total. The molecule has 0 amide bonds. The molecule has 0 saturated carbocycles. The molecule has 0 unspecified atom stereocenters. The molecule has 0 aliphatic heterocycles. The molecule has 0 fully saturated rings. The Kier molecular flexibility index (Phi) is 4.61. The minimum Gasteiger partial charge on any atom is -0.359 e. The summed E-state index contributed by atoms with van der Waals surface area (Å²) in [4.78, 5) is 0. The van der Waals surface area contributed by atoms with Crippen LogP contribution in [0.3, 0.4) is 0 Å². The lowest BCUT2D eigenvalue weighted by Crippen LogP contribution is -2.19. The average molecular weight is 283 g/mol. The average Bonchev–Trinajstić information content (AvgIpc) is 2.87. The van der Waals surface area contributed by atoms with Crippen LogP contribution in [0.2, 0.25) is 5.02 Å². The van der Waals surface area contributed by atoms with Crippen molar-refractivity contribution in [3.05, 3.63) is 34.4 Å². The molecule has 2 rings (SSSR count). The van der Waals surface area contributed by atoms with Crippen LogP contribution in [0.15, 0.2) is 16.8 Å².